The number of pyridine rings is 1. The number of hydrogen-bond donors (Lipinski definition) is 1. The first kappa shape index (κ1) is 16.6. The number of phenols is 1. The zero-order valence-corrected chi connectivity index (χ0v) is 13.6. The highest BCUT2D eigenvalue weighted by molar-refractivity contribution is 6.29. The normalized spacial score (nSPS) is 12.1. The molecule has 0 saturated heterocycles. The standard InChI is InChI=1S/C16H13ClF3N3O/c1-3-23-10-4-5-12(17)21-14(10)22-15(23)13-8(2)6-9(7-11(13)24)16(18,19)20/h4-7,24H,3H2,1-2H3. The Morgan fingerprint density at radius 2 is 1.92 bits per heavy atom. The van der Waals surface area contributed by atoms with E-state index >= 15 is 0 Å². The fraction of sp³-hybridized carbons (Fsp3) is 0.250. The Hall–Kier alpha value is -2.28. The topological polar surface area (TPSA) is 50.9 Å². The van der Waals surface area contributed by atoms with Crippen LogP contribution in [0.25, 0.3) is 22.6 Å². The molecule has 3 aromatic rings. The summed E-state index contributed by atoms with van der Waals surface area (Å²) in [6.07, 6.45) is -4.53. The Morgan fingerprint density at radius 1 is 1.21 bits per heavy atom. The lowest BCUT2D eigenvalue weighted by atomic mass is 10.0. The number of aromatic hydroxyl groups is 1. The van der Waals surface area contributed by atoms with Crippen LogP contribution in [0.4, 0.5) is 13.2 Å². The van der Waals surface area contributed by atoms with Crippen LogP contribution < -0.4 is 0 Å². The van der Waals surface area contributed by atoms with E-state index < -0.39 is 17.5 Å². The van der Waals surface area contributed by atoms with Crippen LogP contribution in [0.15, 0.2) is 24.3 Å². The van der Waals surface area contributed by atoms with Gasteiger partial charge in [0.25, 0.3) is 0 Å². The van der Waals surface area contributed by atoms with Crippen LogP contribution in [-0.4, -0.2) is 19.6 Å². The van der Waals surface area contributed by atoms with Gasteiger partial charge in [0.2, 0.25) is 0 Å². The fourth-order valence-corrected chi connectivity index (χ4v) is 2.86. The van der Waals surface area contributed by atoms with Crippen molar-refractivity contribution in [2.75, 3.05) is 0 Å². The average Bonchev–Trinajstić information content (AvgIpc) is 2.82. The molecule has 0 fully saturated rings. The molecule has 0 aliphatic rings. The summed E-state index contributed by atoms with van der Waals surface area (Å²) < 4.78 is 40.4. The Morgan fingerprint density at radius 3 is 2.50 bits per heavy atom. The first-order chi connectivity index (χ1) is 11.2. The van der Waals surface area contributed by atoms with E-state index in [1.807, 2.05) is 6.92 Å². The second-order valence-electron chi connectivity index (χ2n) is 5.34. The quantitative estimate of drug-likeness (QED) is 0.671. The number of imidazole rings is 1. The van der Waals surface area contributed by atoms with Crippen molar-refractivity contribution in [1.29, 1.82) is 0 Å². The molecule has 2 aromatic heterocycles. The lowest BCUT2D eigenvalue weighted by molar-refractivity contribution is -0.137. The highest BCUT2D eigenvalue weighted by atomic mass is 35.5. The minimum atomic E-state index is -4.53. The molecule has 8 heteroatoms. The Labute approximate surface area is 140 Å². The number of fused-ring (bicyclic) bond motifs is 1. The molecule has 0 spiro atoms. The van der Waals surface area contributed by atoms with Crippen LogP contribution in [0.2, 0.25) is 5.15 Å². The molecule has 1 N–H and O–H groups in total. The zero-order valence-electron chi connectivity index (χ0n) is 12.8. The molecule has 0 aliphatic carbocycles. The van der Waals surface area contributed by atoms with Crippen LogP contribution in [0, 0.1) is 6.92 Å². The Bertz CT molecular complexity index is 911. The van der Waals surface area contributed by atoms with Gasteiger partial charge in [0.05, 0.1) is 16.6 Å². The first-order valence-corrected chi connectivity index (χ1v) is 7.54. The van der Waals surface area contributed by atoms with Gasteiger partial charge in [0, 0.05) is 6.54 Å². The zero-order chi connectivity index (χ0) is 17.6. The first-order valence-electron chi connectivity index (χ1n) is 7.16. The molecule has 0 saturated carbocycles. The molecule has 126 valence electrons. The second kappa shape index (κ2) is 5.66. The molecule has 4 nitrogen and oxygen atoms in total. The van der Waals surface area contributed by atoms with Crippen molar-refractivity contribution in [1.82, 2.24) is 14.5 Å². The summed E-state index contributed by atoms with van der Waals surface area (Å²) in [5, 5.41) is 10.5. The third kappa shape index (κ3) is 2.69. The van der Waals surface area contributed by atoms with E-state index in [1.165, 1.54) is 6.92 Å². The smallest absolute Gasteiger partial charge is 0.416 e. The summed E-state index contributed by atoms with van der Waals surface area (Å²) in [6.45, 7) is 3.88. The van der Waals surface area contributed by atoms with E-state index in [1.54, 1.807) is 16.7 Å². The van der Waals surface area contributed by atoms with Gasteiger partial charge < -0.3 is 9.67 Å². The minimum absolute atomic E-state index is 0.249. The third-order valence-electron chi connectivity index (χ3n) is 3.76. The van der Waals surface area contributed by atoms with Crippen LogP contribution in [0.1, 0.15) is 18.1 Å². The lowest BCUT2D eigenvalue weighted by Gasteiger charge is -2.14. The van der Waals surface area contributed by atoms with Crippen molar-refractivity contribution in [2.45, 2.75) is 26.6 Å². The number of aryl methyl sites for hydroxylation is 2. The molecule has 0 aliphatic heterocycles. The number of alkyl halides is 3. The predicted octanol–water partition coefficient (Wildman–Crippen LogP) is 4.80. The SMILES string of the molecule is CCn1c(-c2c(C)cc(C(F)(F)F)cc2O)nc2nc(Cl)ccc21. The second-order valence-corrected chi connectivity index (χ2v) is 5.73. The van der Waals surface area contributed by atoms with E-state index in [0.29, 0.717) is 29.6 Å². The van der Waals surface area contributed by atoms with Crippen molar-refractivity contribution in [2.24, 2.45) is 0 Å². The van der Waals surface area contributed by atoms with Crippen molar-refractivity contribution in [3.05, 3.63) is 40.5 Å². The van der Waals surface area contributed by atoms with E-state index in [-0.39, 0.29) is 16.3 Å². The van der Waals surface area contributed by atoms with Gasteiger partial charge in [0.1, 0.15) is 16.7 Å². The van der Waals surface area contributed by atoms with Crippen molar-refractivity contribution in [3.63, 3.8) is 0 Å². The van der Waals surface area contributed by atoms with Crippen molar-refractivity contribution in [3.8, 4) is 17.1 Å². The molecule has 0 amide bonds. The van der Waals surface area contributed by atoms with Gasteiger partial charge >= 0.3 is 6.18 Å². The number of rotatable bonds is 2. The largest absolute Gasteiger partial charge is 0.507 e. The molecule has 0 atom stereocenters. The summed E-state index contributed by atoms with van der Waals surface area (Å²) in [5.41, 5.74) is 0.688. The molecular formula is C16H13ClF3N3O. The lowest BCUT2D eigenvalue weighted by Crippen LogP contribution is -2.06. The summed E-state index contributed by atoms with van der Waals surface area (Å²) in [5.74, 6) is -0.121. The highest BCUT2D eigenvalue weighted by Gasteiger charge is 2.32. The number of benzene rings is 1. The number of aromatic nitrogens is 3. The van der Waals surface area contributed by atoms with Gasteiger partial charge in [-0.2, -0.15) is 13.2 Å². The summed E-state index contributed by atoms with van der Waals surface area (Å²) in [7, 11) is 0. The summed E-state index contributed by atoms with van der Waals surface area (Å²) >= 11 is 5.87. The summed E-state index contributed by atoms with van der Waals surface area (Å²) in [4.78, 5) is 8.47. The summed E-state index contributed by atoms with van der Waals surface area (Å²) in [6, 6.07) is 5.05. The van der Waals surface area contributed by atoms with E-state index in [0.717, 1.165) is 6.07 Å². The van der Waals surface area contributed by atoms with Gasteiger partial charge in [0.15, 0.2) is 5.65 Å². The molecule has 2 heterocycles. The van der Waals surface area contributed by atoms with Crippen LogP contribution in [-0.2, 0) is 12.7 Å². The van der Waals surface area contributed by atoms with Crippen molar-refractivity contribution >= 4 is 22.8 Å². The number of phenolic OH excluding ortho intramolecular Hbond substituents is 1. The molecular weight excluding hydrogens is 343 g/mol. The number of hydrogen-bond acceptors (Lipinski definition) is 3. The molecule has 24 heavy (non-hydrogen) atoms. The van der Waals surface area contributed by atoms with Crippen LogP contribution in [0.3, 0.4) is 0 Å². The molecule has 1 aromatic carbocycles. The average molecular weight is 356 g/mol. The van der Waals surface area contributed by atoms with Gasteiger partial charge in [-0.05, 0) is 43.7 Å². The van der Waals surface area contributed by atoms with Gasteiger partial charge in [-0.15, -0.1) is 0 Å². The van der Waals surface area contributed by atoms with E-state index in [4.69, 9.17) is 11.6 Å². The molecule has 0 radical (unpaired) electrons. The maximum absolute atomic E-state index is 12.9. The molecule has 0 unspecified atom stereocenters. The van der Waals surface area contributed by atoms with Crippen LogP contribution >= 0.6 is 11.6 Å². The monoisotopic (exact) mass is 355 g/mol. The van der Waals surface area contributed by atoms with Gasteiger partial charge in [-0.1, -0.05) is 11.6 Å². The third-order valence-corrected chi connectivity index (χ3v) is 3.97. The van der Waals surface area contributed by atoms with Gasteiger partial charge in [-0.25, -0.2) is 9.97 Å². The maximum Gasteiger partial charge on any atom is 0.416 e. The van der Waals surface area contributed by atoms with Crippen LogP contribution in [0.5, 0.6) is 5.75 Å². The van der Waals surface area contributed by atoms with E-state index in [2.05, 4.69) is 9.97 Å². The molecule has 3 rings (SSSR count). The Kier molecular flexibility index (Phi) is 3.91. The number of nitrogens with zero attached hydrogens (tertiary/aromatic N) is 3. The molecule has 0 bridgehead atoms. The predicted molar refractivity (Wildman–Crippen MR) is 85.1 cm³/mol. The number of halogens is 4. The van der Waals surface area contributed by atoms with E-state index in [9.17, 15) is 18.3 Å². The van der Waals surface area contributed by atoms with Crippen molar-refractivity contribution < 1.29 is 18.3 Å². The maximum atomic E-state index is 12.9. The Balaban J connectivity index is 2.28. The highest BCUT2D eigenvalue weighted by Crippen LogP contribution is 2.39. The van der Waals surface area contributed by atoms with Gasteiger partial charge in [-0.3, -0.25) is 0 Å². The fourth-order valence-electron chi connectivity index (χ4n) is 2.72. The minimum Gasteiger partial charge on any atom is -0.507 e.